The second kappa shape index (κ2) is 7.22. The van der Waals surface area contributed by atoms with Gasteiger partial charge in [0, 0.05) is 19.2 Å². The Hall–Kier alpha value is -1.88. The van der Waals surface area contributed by atoms with E-state index in [0.717, 1.165) is 30.2 Å². The zero-order valence-electron chi connectivity index (χ0n) is 13.3. The van der Waals surface area contributed by atoms with Gasteiger partial charge in [-0.25, -0.2) is 0 Å². The molecule has 0 aliphatic rings. The highest BCUT2D eigenvalue weighted by Gasteiger charge is 2.09. The lowest BCUT2D eigenvalue weighted by molar-refractivity contribution is 0.285. The highest BCUT2D eigenvalue weighted by Crippen LogP contribution is 2.24. The topological polar surface area (TPSA) is 52.0 Å². The molecule has 0 amide bonds. The van der Waals surface area contributed by atoms with Crippen molar-refractivity contribution in [1.82, 2.24) is 20.1 Å². The zero-order valence-corrected chi connectivity index (χ0v) is 13.3. The molecule has 2 rings (SSSR count). The first-order valence-corrected chi connectivity index (χ1v) is 7.32. The second-order valence-corrected chi connectivity index (χ2v) is 5.73. The minimum absolute atomic E-state index is 0.429. The van der Waals surface area contributed by atoms with Crippen LogP contribution in [0, 0.1) is 12.8 Å². The van der Waals surface area contributed by atoms with Crippen LogP contribution in [0.5, 0.6) is 5.75 Å². The maximum atomic E-state index is 5.99. The molecule has 0 saturated carbocycles. The molecular formula is C16H24N4O. The number of ether oxygens (including phenoxy) is 1. The Bertz CT molecular complexity index is 577. The van der Waals surface area contributed by atoms with Gasteiger partial charge in [0.2, 0.25) is 0 Å². The van der Waals surface area contributed by atoms with E-state index in [1.165, 1.54) is 5.56 Å². The van der Waals surface area contributed by atoms with Crippen LogP contribution in [-0.2, 0) is 20.2 Å². The summed E-state index contributed by atoms with van der Waals surface area (Å²) in [7, 11) is 1.92. The molecule has 0 fully saturated rings. The van der Waals surface area contributed by atoms with Crippen molar-refractivity contribution in [1.29, 1.82) is 0 Å². The largest absolute Gasteiger partial charge is 0.485 e. The molecule has 5 heteroatoms. The summed E-state index contributed by atoms with van der Waals surface area (Å²) in [5, 5.41) is 11.4. The number of hydrogen-bond acceptors (Lipinski definition) is 4. The molecule has 0 bridgehead atoms. The molecule has 0 saturated heterocycles. The van der Waals surface area contributed by atoms with Gasteiger partial charge in [0.15, 0.2) is 5.82 Å². The van der Waals surface area contributed by atoms with Gasteiger partial charge >= 0.3 is 0 Å². The van der Waals surface area contributed by atoms with Crippen LogP contribution in [-0.4, -0.2) is 21.3 Å². The van der Waals surface area contributed by atoms with Gasteiger partial charge in [0.05, 0.1) is 0 Å². The SMILES string of the molecule is Cc1cccc(CNCC(C)C)c1OCc1nncn1C. The summed E-state index contributed by atoms with van der Waals surface area (Å²) in [6.45, 7) is 8.71. The monoisotopic (exact) mass is 288 g/mol. The summed E-state index contributed by atoms with van der Waals surface area (Å²) >= 11 is 0. The van der Waals surface area contributed by atoms with Crippen molar-refractivity contribution < 1.29 is 4.74 Å². The molecule has 114 valence electrons. The van der Waals surface area contributed by atoms with Gasteiger partial charge in [-0.2, -0.15) is 0 Å². The van der Waals surface area contributed by atoms with Crippen molar-refractivity contribution >= 4 is 0 Å². The quantitative estimate of drug-likeness (QED) is 0.850. The number of nitrogens with one attached hydrogen (secondary N) is 1. The number of benzene rings is 1. The number of aryl methyl sites for hydroxylation is 2. The van der Waals surface area contributed by atoms with E-state index < -0.39 is 0 Å². The predicted molar refractivity (Wildman–Crippen MR) is 83.1 cm³/mol. The first-order valence-electron chi connectivity index (χ1n) is 7.32. The number of rotatable bonds is 7. The number of hydrogen-bond donors (Lipinski definition) is 1. The fourth-order valence-corrected chi connectivity index (χ4v) is 2.13. The summed E-state index contributed by atoms with van der Waals surface area (Å²) in [6, 6.07) is 6.24. The highest BCUT2D eigenvalue weighted by molar-refractivity contribution is 5.40. The lowest BCUT2D eigenvalue weighted by atomic mass is 10.1. The van der Waals surface area contributed by atoms with E-state index in [4.69, 9.17) is 4.74 Å². The molecule has 0 unspecified atom stereocenters. The summed E-state index contributed by atoms with van der Waals surface area (Å²) in [5.41, 5.74) is 2.32. The Kier molecular flexibility index (Phi) is 5.33. The van der Waals surface area contributed by atoms with Gasteiger partial charge in [-0.05, 0) is 24.9 Å². The van der Waals surface area contributed by atoms with Crippen LogP contribution in [0.25, 0.3) is 0 Å². The third-order valence-electron chi connectivity index (χ3n) is 3.31. The molecule has 0 radical (unpaired) electrons. The summed E-state index contributed by atoms with van der Waals surface area (Å²) in [4.78, 5) is 0. The maximum absolute atomic E-state index is 5.99. The summed E-state index contributed by atoms with van der Waals surface area (Å²) in [5.74, 6) is 2.40. The minimum Gasteiger partial charge on any atom is -0.485 e. The van der Waals surface area contributed by atoms with Crippen molar-refractivity contribution in [2.24, 2.45) is 13.0 Å². The van der Waals surface area contributed by atoms with Crippen molar-refractivity contribution in [2.75, 3.05) is 6.54 Å². The van der Waals surface area contributed by atoms with E-state index in [1.54, 1.807) is 6.33 Å². The molecule has 0 aliphatic heterocycles. The van der Waals surface area contributed by atoms with E-state index in [0.29, 0.717) is 12.5 Å². The van der Waals surface area contributed by atoms with Crippen molar-refractivity contribution in [2.45, 2.75) is 33.9 Å². The summed E-state index contributed by atoms with van der Waals surface area (Å²) in [6.07, 6.45) is 1.68. The minimum atomic E-state index is 0.429. The standard InChI is InChI=1S/C16H24N4O/c1-12(2)8-17-9-14-7-5-6-13(3)16(14)21-10-15-19-18-11-20(15)4/h5-7,11-12,17H,8-10H2,1-4H3. The number of aromatic nitrogens is 3. The third kappa shape index (κ3) is 4.29. The highest BCUT2D eigenvalue weighted by atomic mass is 16.5. The first-order chi connectivity index (χ1) is 10.1. The molecule has 0 atom stereocenters. The molecule has 0 spiro atoms. The van der Waals surface area contributed by atoms with E-state index in [1.807, 2.05) is 11.6 Å². The van der Waals surface area contributed by atoms with Gasteiger partial charge in [-0.15, -0.1) is 10.2 Å². The van der Waals surface area contributed by atoms with Gasteiger partial charge < -0.3 is 14.6 Å². The molecule has 1 aromatic heterocycles. The van der Waals surface area contributed by atoms with Crippen molar-refractivity contribution in [3.8, 4) is 5.75 Å². The van der Waals surface area contributed by atoms with E-state index in [-0.39, 0.29) is 0 Å². The number of para-hydroxylation sites is 1. The molecular weight excluding hydrogens is 264 g/mol. The number of nitrogens with zero attached hydrogens (tertiary/aromatic N) is 3. The van der Waals surface area contributed by atoms with Crippen LogP contribution in [0.3, 0.4) is 0 Å². The lowest BCUT2D eigenvalue weighted by Crippen LogP contribution is -2.19. The fraction of sp³-hybridized carbons (Fsp3) is 0.500. The fourth-order valence-electron chi connectivity index (χ4n) is 2.13. The van der Waals surface area contributed by atoms with Gasteiger partial charge in [-0.1, -0.05) is 32.0 Å². The average molecular weight is 288 g/mol. The lowest BCUT2D eigenvalue weighted by Gasteiger charge is -2.15. The van der Waals surface area contributed by atoms with Crippen LogP contribution in [0.4, 0.5) is 0 Å². The van der Waals surface area contributed by atoms with Crippen LogP contribution in [0.2, 0.25) is 0 Å². The Labute approximate surface area is 126 Å². The van der Waals surface area contributed by atoms with E-state index >= 15 is 0 Å². The molecule has 1 aromatic carbocycles. The third-order valence-corrected chi connectivity index (χ3v) is 3.31. The van der Waals surface area contributed by atoms with Crippen molar-refractivity contribution in [3.63, 3.8) is 0 Å². The smallest absolute Gasteiger partial charge is 0.170 e. The Morgan fingerprint density at radius 2 is 2.14 bits per heavy atom. The van der Waals surface area contributed by atoms with Gasteiger partial charge in [0.1, 0.15) is 18.7 Å². The first kappa shape index (κ1) is 15.5. The van der Waals surface area contributed by atoms with Crippen LogP contribution in [0.15, 0.2) is 24.5 Å². The Balaban J connectivity index is 2.05. The molecule has 5 nitrogen and oxygen atoms in total. The Morgan fingerprint density at radius 1 is 1.33 bits per heavy atom. The maximum Gasteiger partial charge on any atom is 0.170 e. The molecule has 2 aromatic rings. The van der Waals surface area contributed by atoms with E-state index in [9.17, 15) is 0 Å². The van der Waals surface area contributed by atoms with E-state index in [2.05, 4.69) is 54.5 Å². The van der Waals surface area contributed by atoms with Gasteiger partial charge in [-0.3, -0.25) is 0 Å². The normalized spacial score (nSPS) is 11.1. The second-order valence-electron chi connectivity index (χ2n) is 5.73. The Morgan fingerprint density at radius 3 is 2.81 bits per heavy atom. The molecule has 1 N–H and O–H groups in total. The molecule has 0 aliphatic carbocycles. The van der Waals surface area contributed by atoms with Gasteiger partial charge in [0.25, 0.3) is 0 Å². The van der Waals surface area contributed by atoms with Crippen LogP contribution >= 0.6 is 0 Å². The molecule has 1 heterocycles. The summed E-state index contributed by atoms with van der Waals surface area (Å²) < 4.78 is 7.86. The van der Waals surface area contributed by atoms with Crippen molar-refractivity contribution in [3.05, 3.63) is 41.5 Å². The average Bonchev–Trinajstić information content (AvgIpc) is 2.83. The zero-order chi connectivity index (χ0) is 15.2. The molecule has 21 heavy (non-hydrogen) atoms. The van der Waals surface area contributed by atoms with Crippen LogP contribution in [0.1, 0.15) is 30.8 Å². The predicted octanol–water partition coefficient (Wildman–Crippen LogP) is 2.45. The van der Waals surface area contributed by atoms with Crippen LogP contribution < -0.4 is 10.1 Å².